The number of halogens is 2. The standard InChI is InChI=1S/C21H17Cl2N3O3S2/c1-11(14-10-31-20(19(14)27)12-2-4-15(22)16(23)8-12)25-26-21(30)24-13-3-5-17-18(9-13)29-7-6-28-17/h2-5,8-10,27H,6-7H2,1H3,(H2,24,26,30)/b25-11+. The zero-order valence-corrected chi connectivity index (χ0v) is 19.4. The number of hydrogen-bond acceptors (Lipinski definition) is 6. The van der Waals surface area contributed by atoms with Gasteiger partial charge < -0.3 is 19.9 Å². The average molecular weight is 494 g/mol. The minimum Gasteiger partial charge on any atom is -0.506 e. The van der Waals surface area contributed by atoms with Crippen LogP contribution in [0.2, 0.25) is 10.0 Å². The van der Waals surface area contributed by atoms with Gasteiger partial charge in [-0.05, 0) is 49.0 Å². The van der Waals surface area contributed by atoms with Crippen LogP contribution in [-0.4, -0.2) is 29.1 Å². The molecule has 3 N–H and O–H groups in total. The van der Waals surface area contributed by atoms with Crippen molar-refractivity contribution >= 4 is 63.3 Å². The van der Waals surface area contributed by atoms with Crippen LogP contribution < -0.4 is 20.2 Å². The molecule has 160 valence electrons. The molecule has 2 aromatic carbocycles. The topological polar surface area (TPSA) is 75.1 Å². The van der Waals surface area contributed by atoms with E-state index in [-0.39, 0.29) is 5.75 Å². The van der Waals surface area contributed by atoms with E-state index >= 15 is 0 Å². The van der Waals surface area contributed by atoms with E-state index in [2.05, 4.69) is 15.8 Å². The first-order valence-corrected chi connectivity index (χ1v) is 11.2. The van der Waals surface area contributed by atoms with Gasteiger partial charge in [0.1, 0.15) is 19.0 Å². The molecule has 31 heavy (non-hydrogen) atoms. The van der Waals surface area contributed by atoms with Crippen LogP contribution in [0, 0.1) is 0 Å². The highest BCUT2D eigenvalue weighted by molar-refractivity contribution is 7.80. The smallest absolute Gasteiger partial charge is 0.191 e. The molecule has 4 rings (SSSR count). The van der Waals surface area contributed by atoms with Gasteiger partial charge in [0.05, 0.1) is 26.2 Å². The number of hydrazone groups is 1. The Hall–Kier alpha value is -2.52. The second-order valence-corrected chi connectivity index (χ2v) is 8.68. The van der Waals surface area contributed by atoms with Crippen molar-refractivity contribution in [1.82, 2.24) is 5.43 Å². The Bertz CT molecular complexity index is 1180. The first-order chi connectivity index (χ1) is 14.9. The third-order valence-corrected chi connectivity index (χ3v) is 6.41. The lowest BCUT2D eigenvalue weighted by atomic mass is 10.1. The van der Waals surface area contributed by atoms with E-state index in [1.165, 1.54) is 11.3 Å². The van der Waals surface area contributed by atoms with E-state index in [9.17, 15) is 5.11 Å². The second-order valence-electron chi connectivity index (χ2n) is 6.58. The molecule has 0 aliphatic carbocycles. The number of thiophene rings is 1. The van der Waals surface area contributed by atoms with Crippen LogP contribution in [0.1, 0.15) is 12.5 Å². The van der Waals surface area contributed by atoms with Crippen molar-refractivity contribution in [2.45, 2.75) is 6.92 Å². The number of nitrogens with zero attached hydrogens (tertiary/aromatic N) is 1. The van der Waals surface area contributed by atoms with Gasteiger partial charge in [-0.15, -0.1) is 11.3 Å². The fourth-order valence-corrected chi connectivity index (χ4v) is 4.39. The Kier molecular flexibility index (Phi) is 6.52. The van der Waals surface area contributed by atoms with Crippen LogP contribution in [0.5, 0.6) is 17.2 Å². The van der Waals surface area contributed by atoms with E-state index in [1.807, 2.05) is 23.6 Å². The highest BCUT2D eigenvalue weighted by atomic mass is 35.5. The molecule has 0 radical (unpaired) electrons. The molecule has 1 aliphatic heterocycles. The molecule has 6 nitrogen and oxygen atoms in total. The van der Waals surface area contributed by atoms with Crippen molar-refractivity contribution < 1.29 is 14.6 Å². The van der Waals surface area contributed by atoms with Gasteiger partial charge >= 0.3 is 0 Å². The molecule has 0 bridgehead atoms. The van der Waals surface area contributed by atoms with Crippen LogP contribution in [0.25, 0.3) is 10.4 Å². The molecule has 2 heterocycles. The number of ether oxygens (including phenoxy) is 2. The highest BCUT2D eigenvalue weighted by Crippen LogP contribution is 2.40. The Balaban J connectivity index is 1.44. The van der Waals surface area contributed by atoms with Crippen molar-refractivity contribution in [3.63, 3.8) is 0 Å². The van der Waals surface area contributed by atoms with Gasteiger partial charge in [-0.3, -0.25) is 5.43 Å². The lowest BCUT2D eigenvalue weighted by molar-refractivity contribution is 0.171. The lowest BCUT2D eigenvalue weighted by Gasteiger charge is -2.19. The number of anilines is 1. The molecular weight excluding hydrogens is 477 g/mol. The fourth-order valence-electron chi connectivity index (χ4n) is 2.93. The molecule has 3 aromatic rings. The molecule has 0 saturated carbocycles. The van der Waals surface area contributed by atoms with Crippen LogP contribution in [-0.2, 0) is 0 Å². The van der Waals surface area contributed by atoms with Gasteiger partial charge in [-0.25, -0.2) is 0 Å². The van der Waals surface area contributed by atoms with Gasteiger partial charge in [0.15, 0.2) is 16.6 Å². The van der Waals surface area contributed by atoms with Crippen LogP contribution in [0.4, 0.5) is 5.69 Å². The predicted octanol–water partition coefficient (Wildman–Crippen LogP) is 5.91. The van der Waals surface area contributed by atoms with E-state index in [0.717, 1.165) is 11.3 Å². The third-order valence-electron chi connectivity index (χ3n) is 4.46. The Morgan fingerprint density at radius 2 is 1.87 bits per heavy atom. The number of thiocarbonyl (C=S) groups is 1. The molecule has 0 fully saturated rings. The maximum Gasteiger partial charge on any atom is 0.191 e. The zero-order valence-electron chi connectivity index (χ0n) is 16.2. The van der Waals surface area contributed by atoms with Crippen LogP contribution in [0.3, 0.4) is 0 Å². The number of rotatable bonds is 4. The van der Waals surface area contributed by atoms with Crippen molar-refractivity contribution in [1.29, 1.82) is 0 Å². The number of hydrogen-bond donors (Lipinski definition) is 3. The van der Waals surface area contributed by atoms with E-state index in [1.54, 1.807) is 25.1 Å². The zero-order chi connectivity index (χ0) is 22.0. The Labute approximate surface area is 198 Å². The van der Waals surface area contributed by atoms with Crippen molar-refractivity contribution in [2.24, 2.45) is 5.10 Å². The minimum absolute atomic E-state index is 0.122. The van der Waals surface area contributed by atoms with Gasteiger partial charge in [0, 0.05) is 17.1 Å². The summed E-state index contributed by atoms with van der Waals surface area (Å²) in [5, 5.41) is 21.0. The largest absolute Gasteiger partial charge is 0.506 e. The summed E-state index contributed by atoms with van der Waals surface area (Å²) >= 11 is 18.8. The average Bonchev–Trinajstić information content (AvgIpc) is 3.15. The molecular formula is C21H17Cl2N3O3S2. The first kappa shape index (κ1) is 21.7. The predicted molar refractivity (Wildman–Crippen MR) is 130 cm³/mol. The molecule has 10 heteroatoms. The van der Waals surface area contributed by atoms with Crippen molar-refractivity contribution in [3.05, 3.63) is 57.4 Å². The summed E-state index contributed by atoms with van der Waals surface area (Å²) in [6.07, 6.45) is 0. The molecule has 0 saturated heterocycles. The maximum atomic E-state index is 10.7. The number of benzene rings is 2. The van der Waals surface area contributed by atoms with E-state index in [0.29, 0.717) is 56.0 Å². The summed E-state index contributed by atoms with van der Waals surface area (Å²) < 4.78 is 11.1. The number of nitrogens with one attached hydrogen (secondary N) is 2. The fraction of sp³-hybridized carbons (Fsp3) is 0.143. The molecule has 0 unspecified atom stereocenters. The first-order valence-electron chi connectivity index (χ1n) is 9.19. The summed E-state index contributed by atoms with van der Waals surface area (Å²) in [6.45, 7) is 2.83. The normalized spacial score (nSPS) is 13.1. The summed E-state index contributed by atoms with van der Waals surface area (Å²) in [7, 11) is 0. The monoisotopic (exact) mass is 493 g/mol. The molecule has 1 aliphatic rings. The van der Waals surface area contributed by atoms with Crippen molar-refractivity contribution in [3.8, 4) is 27.7 Å². The Morgan fingerprint density at radius 3 is 2.65 bits per heavy atom. The summed E-state index contributed by atoms with van der Waals surface area (Å²) in [5.74, 6) is 1.49. The molecule has 0 amide bonds. The van der Waals surface area contributed by atoms with Gasteiger partial charge in [0.2, 0.25) is 0 Å². The summed E-state index contributed by atoms with van der Waals surface area (Å²) in [4.78, 5) is 0.681. The summed E-state index contributed by atoms with van der Waals surface area (Å²) in [5.41, 5.74) is 5.49. The second kappa shape index (κ2) is 9.32. The Morgan fingerprint density at radius 1 is 1.10 bits per heavy atom. The van der Waals surface area contributed by atoms with Gasteiger partial charge in [-0.1, -0.05) is 29.3 Å². The third kappa shape index (κ3) is 4.88. The number of fused-ring (bicyclic) bond motifs is 1. The molecule has 1 aromatic heterocycles. The molecule has 0 spiro atoms. The summed E-state index contributed by atoms with van der Waals surface area (Å²) in [6, 6.07) is 10.7. The van der Waals surface area contributed by atoms with Crippen LogP contribution in [0.15, 0.2) is 46.9 Å². The van der Waals surface area contributed by atoms with Crippen molar-refractivity contribution in [2.75, 3.05) is 18.5 Å². The molecule has 0 atom stereocenters. The van der Waals surface area contributed by atoms with E-state index < -0.39 is 0 Å². The lowest BCUT2D eigenvalue weighted by Crippen LogP contribution is -2.25. The quantitative estimate of drug-likeness (QED) is 0.238. The SMILES string of the molecule is C/C(=N\NC(=S)Nc1ccc2c(c1)OCCO2)c1csc(-c2ccc(Cl)c(Cl)c2)c1O. The van der Waals surface area contributed by atoms with Gasteiger partial charge in [-0.2, -0.15) is 5.10 Å². The minimum atomic E-state index is 0.122. The number of aromatic hydroxyl groups is 1. The highest BCUT2D eigenvalue weighted by Gasteiger charge is 2.16. The maximum absolute atomic E-state index is 10.7. The van der Waals surface area contributed by atoms with Crippen LogP contribution >= 0.6 is 46.8 Å². The van der Waals surface area contributed by atoms with E-state index in [4.69, 9.17) is 44.9 Å². The van der Waals surface area contributed by atoms with Gasteiger partial charge in [0.25, 0.3) is 0 Å².